The van der Waals surface area contributed by atoms with Crippen LogP contribution in [0.4, 0.5) is 0 Å². The van der Waals surface area contributed by atoms with Crippen molar-refractivity contribution in [1.29, 1.82) is 0 Å². The number of rotatable bonds is 8. The Kier molecular flexibility index (Phi) is 9.67. The second-order valence-electron chi connectivity index (χ2n) is 6.52. The molecule has 0 radical (unpaired) electrons. The van der Waals surface area contributed by atoms with E-state index >= 15 is 0 Å². The summed E-state index contributed by atoms with van der Waals surface area (Å²) in [5.41, 5.74) is 0. The summed E-state index contributed by atoms with van der Waals surface area (Å²) in [6.07, 6.45) is 9.64. The summed E-state index contributed by atoms with van der Waals surface area (Å²) in [5, 5.41) is 9.46. The fraction of sp³-hybridized carbons (Fsp3) is 0.882. The number of carbonyl (C=O) groups excluding carboxylic acids is 1. The lowest BCUT2D eigenvalue weighted by molar-refractivity contribution is -0.123. The molecule has 1 amide bonds. The van der Waals surface area contributed by atoms with Gasteiger partial charge in [-0.2, -0.15) is 0 Å². The zero-order valence-electron chi connectivity index (χ0n) is 14.6. The van der Waals surface area contributed by atoms with E-state index in [9.17, 15) is 4.79 Å². The number of carbonyl (C=O) groups is 1. The summed E-state index contributed by atoms with van der Waals surface area (Å²) in [5.74, 6) is 1.90. The molecule has 22 heavy (non-hydrogen) atoms. The van der Waals surface area contributed by atoms with E-state index in [1.165, 1.54) is 44.9 Å². The first-order valence-electron chi connectivity index (χ1n) is 8.85. The molecule has 0 spiro atoms. The zero-order chi connectivity index (χ0) is 16.2. The van der Waals surface area contributed by atoms with Gasteiger partial charge in [0.25, 0.3) is 0 Å². The van der Waals surface area contributed by atoms with Crippen LogP contribution in [0.3, 0.4) is 0 Å². The molecule has 1 aliphatic carbocycles. The summed E-state index contributed by atoms with van der Waals surface area (Å²) >= 11 is 0. The highest BCUT2D eigenvalue weighted by molar-refractivity contribution is 5.80. The molecule has 0 unspecified atom stereocenters. The van der Waals surface area contributed by atoms with Crippen molar-refractivity contribution in [3.8, 4) is 0 Å². The number of aliphatic imine (C=N–C) groups is 1. The van der Waals surface area contributed by atoms with Crippen molar-refractivity contribution in [2.75, 3.05) is 26.7 Å². The third-order valence-electron chi connectivity index (χ3n) is 4.27. The topological polar surface area (TPSA) is 65.5 Å². The summed E-state index contributed by atoms with van der Waals surface area (Å²) < 4.78 is 0. The molecule has 0 bridgehead atoms. The van der Waals surface area contributed by atoms with Gasteiger partial charge >= 0.3 is 0 Å². The van der Waals surface area contributed by atoms with E-state index in [1.807, 2.05) is 13.8 Å². The number of hydrogen-bond acceptors (Lipinski definition) is 2. The molecule has 5 heteroatoms. The van der Waals surface area contributed by atoms with Crippen LogP contribution < -0.4 is 16.0 Å². The molecule has 0 heterocycles. The van der Waals surface area contributed by atoms with Crippen molar-refractivity contribution in [3.63, 3.8) is 0 Å². The predicted molar refractivity (Wildman–Crippen MR) is 93.0 cm³/mol. The first-order chi connectivity index (χ1) is 10.6. The number of hydrogen-bond donors (Lipinski definition) is 3. The highest BCUT2D eigenvalue weighted by atomic mass is 16.1. The normalized spacial score (nSPS) is 16.6. The smallest absolute Gasteiger partial charge is 0.222 e. The van der Waals surface area contributed by atoms with Crippen molar-refractivity contribution in [3.05, 3.63) is 0 Å². The highest BCUT2D eigenvalue weighted by Crippen LogP contribution is 2.26. The monoisotopic (exact) mass is 310 g/mol. The van der Waals surface area contributed by atoms with Crippen molar-refractivity contribution < 1.29 is 4.79 Å². The molecule has 1 fully saturated rings. The molecule has 1 rings (SSSR count). The number of amides is 1. The molecule has 0 aromatic heterocycles. The average Bonchev–Trinajstić information content (AvgIpc) is 2.54. The zero-order valence-corrected chi connectivity index (χ0v) is 14.6. The van der Waals surface area contributed by atoms with Gasteiger partial charge in [-0.05, 0) is 18.8 Å². The third kappa shape index (κ3) is 8.25. The summed E-state index contributed by atoms with van der Waals surface area (Å²) in [6.45, 7) is 6.08. The molecular formula is C17H34N4O. The SMILES string of the molecule is CN=C(NCCCC1CCCCC1)NCCNC(=O)C(C)C. The maximum absolute atomic E-state index is 11.4. The van der Waals surface area contributed by atoms with Gasteiger partial charge in [-0.15, -0.1) is 0 Å². The van der Waals surface area contributed by atoms with E-state index in [1.54, 1.807) is 7.05 Å². The van der Waals surface area contributed by atoms with Gasteiger partial charge in [0.15, 0.2) is 5.96 Å². The lowest BCUT2D eigenvalue weighted by Crippen LogP contribution is -2.42. The van der Waals surface area contributed by atoms with Gasteiger partial charge in [-0.25, -0.2) is 0 Å². The minimum Gasteiger partial charge on any atom is -0.356 e. The number of nitrogens with zero attached hydrogens (tertiary/aromatic N) is 1. The number of guanidine groups is 1. The largest absolute Gasteiger partial charge is 0.356 e. The highest BCUT2D eigenvalue weighted by Gasteiger charge is 2.12. The fourth-order valence-electron chi connectivity index (χ4n) is 2.86. The van der Waals surface area contributed by atoms with Crippen LogP contribution in [-0.2, 0) is 4.79 Å². The van der Waals surface area contributed by atoms with E-state index in [-0.39, 0.29) is 11.8 Å². The van der Waals surface area contributed by atoms with Gasteiger partial charge < -0.3 is 16.0 Å². The average molecular weight is 310 g/mol. The lowest BCUT2D eigenvalue weighted by Gasteiger charge is -2.21. The molecule has 0 atom stereocenters. The van der Waals surface area contributed by atoms with E-state index in [2.05, 4.69) is 20.9 Å². The molecule has 5 nitrogen and oxygen atoms in total. The second-order valence-corrected chi connectivity index (χ2v) is 6.52. The van der Waals surface area contributed by atoms with Crippen molar-refractivity contribution in [2.45, 2.75) is 58.8 Å². The van der Waals surface area contributed by atoms with Crippen LogP contribution >= 0.6 is 0 Å². The van der Waals surface area contributed by atoms with Crippen molar-refractivity contribution in [1.82, 2.24) is 16.0 Å². The molecule has 0 aliphatic heterocycles. The van der Waals surface area contributed by atoms with E-state index in [0.29, 0.717) is 13.1 Å². The molecule has 0 saturated heterocycles. The summed E-state index contributed by atoms with van der Waals surface area (Å²) in [4.78, 5) is 15.6. The van der Waals surface area contributed by atoms with Crippen LogP contribution in [0.15, 0.2) is 4.99 Å². The molecule has 3 N–H and O–H groups in total. The first kappa shape index (κ1) is 18.8. The van der Waals surface area contributed by atoms with Gasteiger partial charge in [0.2, 0.25) is 5.91 Å². The third-order valence-corrected chi connectivity index (χ3v) is 4.27. The van der Waals surface area contributed by atoms with E-state index < -0.39 is 0 Å². The first-order valence-corrected chi connectivity index (χ1v) is 8.85. The fourth-order valence-corrected chi connectivity index (χ4v) is 2.86. The lowest BCUT2D eigenvalue weighted by atomic mass is 9.86. The molecule has 0 aromatic carbocycles. The van der Waals surface area contributed by atoms with Crippen LogP contribution in [0, 0.1) is 11.8 Å². The van der Waals surface area contributed by atoms with Crippen LogP contribution in [0.1, 0.15) is 58.8 Å². The Morgan fingerprint density at radius 2 is 1.68 bits per heavy atom. The Morgan fingerprint density at radius 1 is 1.05 bits per heavy atom. The van der Waals surface area contributed by atoms with Gasteiger partial charge in [0.1, 0.15) is 0 Å². The van der Waals surface area contributed by atoms with Crippen LogP contribution in [0.5, 0.6) is 0 Å². The quantitative estimate of drug-likeness (QED) is 0.366. The van der Waals surface area contributed by atoms with Crippen molar-refractivity contribution in [2.24, 2.45) is 16.8 Å². The summed E-state index contributed by atoms with van der Waals surface area (Å²) in [6, 6.07) is 0. The van der Waals surface area contributed by atoms with Gasteiger partial charge in [-0.3, -0.25) is 9.79 Å². The molecule has 0 aromatic rings. The molecule has 128 valence electrons. The molecule has 1 aliphatic rings. The molecule has 1 saturated carbocycles. The van der Waals surface area contributed by atoms with Gasteiger partial charge in [-0.1, -0.05) is 46.0 Å². The Morgan fingerprint density at radius 3 is 2.32 bits per heavy atom. The Hall–Kier alpha value is -1.26. The van der Waals surface area contributed by atoms with E-state index in [0.717, 1.165) is 18.4 Å². The molecular weight excluding hydrogens is 276 g/mol. The second kappa shape index (κ2) is 11.3. The predicted octanol–water partition coefficient (Wildman–Crippen LogP) is 2.28. The van der Waals surface area contributed by atoms with Gasteiger partial charge in [0, 0.05) is 32.6 Å². The minimum atomic E-state index is 0.0391. The summed E-state index contributed by atoms with van der Waals surface area (Å²) in [7, 11) is 1.78. The standard InChI is InChI=1S/C17H34N4O/c1-14(2)16(22)19-12-13-21-17(18-3)20-11-7-10-15-8-5-4-6-9-15/h14-15H,4-13H2,1-3H3,(H,19,22)(H2,18,20,21). The Balaban J connectivity index is 2.03. The van der Waals surface area contributed by atoms with Crippen LogP contribution in [0.25, 0.3) is 0 Å². The Labute approximate surface area is 135 Å². The Bertz CT molecular complexity index is 336. The van der Waals surface area contributed by atoms with E-state index in [4.69, 9.17) is 0 Å². The van der Waals surface area contributed by atoms with Crippen molar-refractivity contribution >= 4 is 11.9 Å². The van der Waals surface area contributed by atoms with Gasteiger partial charge in [0.05, 0.1) is 0 Å². The maximum atomic E-state index is 11.4. The van der Waals surface area contributed by atoms with Crippen LogP contribution in [-0.4, -0.2) is 38.5 Å². The minimum absolute atomic E-state index is 0.0391. The number of nitrogens with one attached hydrogen (secondary N) is 3. The maximum Gasteiger partial charge on any atom is 0.222 e. The van der Waals surface area contributed by atoms with Crippen LogP contribution in [0.2, 0.25) is 0 Å².